The van der Waals surface area contributed by atoms with Crippen LogP contribution in [0.25, 0.3) is 0 Å². The fraction of sp³-hybridized carbons (Fsp3) is 0.300. The monoisotopic (exact) mass is 356 g/mol. The smallest absolute Gasteiger partial charge is 0.271 e. The predicted octanol–water partition coefficient (Wildman–Crippen LogP) is 3.73. The Morgan fingerprint density at radius 3 is 2.62 bits per heavy atom. The van der Waals surface area contributed by atoms with Crippen LogP contribution in [-0.4, -0.2) is 30.4 Å². The highest BCUT2D eigenvalue weighted by molar-refractivity contribution is 5.95. The molecule has 0 heterocycles. The Hall–Kier alpha value is -3.02. The third kappa shape index (κ3) is 5.81. The molecule has 0 bridgehead atoms. The van der Waals surface area contributed by atoms with Gasteiger partial charge in [-0.05, 0) is 61.4 Å². The first kappa shape index (κ1) is 19.3. The highest BCUT2D eigenvalue weighted by atomic mass is 16.5. The van der Waals surface area contributed by atoms with E-state index < -0.39 is 0 Å². The number of ether oxygens (including phenoxy) is 2. The van der Waals surface area contributed by atoms with Gasteiger partial charge in [0.25, 0.3) is 5.91 Å². The van der Waals surface area contributed by atoms with Gasteiger partial charge >= 0.3 is 0 Å². The van der Waals surface area contributed by atoms with Gasteiger partial charge in [-0.3, -0.25) is 4.79 Å². The van der Waals surface area contributed by atoms with Crippen LogP contribution < -0.4 is 14.9 Å². The highest BCUT2D eigenvalue weighted by Crippen LogP contribution is 2.26. The van der Waals surface area contributed by atoms with E-state index in [1.165, 1.54) is 12.3 Å². The summed E-state index contributed by atoms with van der Waals surface area (Å²) in [5, 5.41) is 13.6. The molecule has 0 atom stereocenters. The molecule has 0 aliphatic rings. The molecule has 0 saturated carbocycles. The van der Waals surface area contributed by atoms with E-state index in [4.69, 9.17) is 9.47 Å². The quantitative estimate of drug-likeness (QED) is 0.407. The summed E-state index contributed by atoms with van der Waals surface area (Å²) < 4.78 is 10.9. The van der Waals surface area contributed by atoms with Crippen LogP contribution >= 0.6 is 0 Å². The Morgan fingerprint density at radius 2 is 1.92 bits per heavy atom. The number of hydrogen-bond acceptors (Lipinski definition) is 5. The van der Waals surface area contributed by atoms with Crippen LogP contribution in [0.4, 0.5) is 0 Å². The number of hydrazone groups is 1. The Morgan fingerprint density at radius 1 is 1.15 bits per heavy atom. The summed E-state index contributed by atoms with van der Waals surface area (Å²) >= 11 is 0. The first-order valence-corrected chi connectivity index (χ1v) is 8.66. The second kappa shape index (κ2) is 10.1. The average Bonchev–Trinajstić information content (AvgIpc) is 2.65. The molecule has 2 aromatic rings. The number of benzene rings is 2. The maximum atomic E-state index is 12.1. The van der Waals surface area contributed by atoms with Crippen molar-refractivity contribution < 1.29 is 19.4 Å². The minimum Gasteiger partial charge on any atom is -0.504 e. The number of nitrogens with zero attached hydrogens (tertiary/aromatic N) is 1. The molecule has 0 radical (unpaired) electrons. The lowest BCUT2D eigenvalue weighted by molar-refractivity contribution is 0.0955. The minimum absolute atomic E-state index is 0.0641. The van der Waals surface area contributed by atoms with Gasteiger partial charge < -0.3 is 14.6 Å². The molecule has 0 aromatic heterocycles. The molecule has 138 valence electrons. The van der Waals surface area contributed by atoms with Crippen LogP contribution in [0, 0.1) is 0 Å². The zero-order chi connectivity index (χ0) is 18.8. The van der Waals surface area contributed by atoms with Crippen LogP contribution in [0.5, 0.6) is 17.2 Å². The molecule has 6 heteroatoms. The summed E-state index contributed by atoms with van der Waals surface area (Å²) in [4.78, 5) is 12.1. The number of aromatic hydroxyl groups is 1. The van der Waals surface area contributed by atoms with Gasteiger partial charge in [-0.15, -0.1) is 0 Å². The summed E-state index contributed by atoms with van der Waals surface area (Å²) in [5.74, 6) is 0.868. The van der Waals surface area contributed by atoms with E-state index in [-0.39, 0.29) is 11.7 Å². The van der Waals surface area contributed by atoms with Gasteiger partial charge in [-0.1, -0.05) is 13.3 Å². The summed E-state index contributed by atoms with van der Waals surface area (Å²) in [6.07, 6.45) is 3.56. The molecule has 2 rings (SSSR count). The van der Waals surface area contributed by atoms with Gasteiger partial charge in [0.2, 0.25) is 0 Å². The second-order valence-electron chi connectivity index (χ2n) is 5.59. The molecule has 0 aliphatic carbocycles. The maximum absolute atomic E-state index is 12.1. The summed E-state index contributed by atoms with van der Waals surface area (Å²) in [6, 6.07) is 11.8. The lowest BCUT2D eigenvalue weighted by atomic mass is 10.2. The third-order valence-electron chi connectivity index (χ3n) is 3.55. The average molecular weight is 356 g/mol. The van der Waals surface area contributed by atoms with E-state index in [1.54, 1.807) is 36.4 Å². The summed E-state index contributed by atoms with van der Waals surface area (Å²) in [7, 11) is 0. The Bertz CT molecular complexity index is 742. The number of carbonyl (C=O) groups is 1. The van der Waals surface area contributed by atoms with E-state index in [9.17, 15) is 9.90 Å². The maximum Gasteiger partial charge on any atom is 0.271 e. The molecule has 2 N–H and O–H groups in total. The highest BCUT2D eigenvalue weighted by Gasteiger charge is 2.05. The van der Waals surface area contributed by atoms with Gasteiger partial charge in [-0.2, -0.15) is 5.10 Å². The Kier molecular flexibility index (Phi) is 7.49. The Balaban J connectivity index is 1.91. The van der Waals surface area contributed by atoms with Crippen LogP contribution in [0.2, 0.25) is 0 Å². The van der Waals surface area contributed by atoms with Gasteiger partial charge in [0.05, 0.1) is 19.4 Å². The van der Waals surface area contributed by atoms with Crippen molar-refractivity contribution in [2.24, 2.45) is 5.10 Å². The van der Waals surface area contributed by atoms with E-state index in [0.29, 0.717) is 30.1 Å². The number of rotatable bonds is 9. The summed E-state index contributed by atoms with van der Waals surface area (Å²) in [6.45, 7) is 5.05. The van der Waals surface area contributed by atoms with Gasteiger partial charge in [0.15, 0.2) is 11.5 Å². The van der Waals surface area contributed by atoms with Crippen LogP contribution in [0.1, 0.15) is 42.6 Å². The Labute approximate surface area is 153 Å². The van der Waals surface area contributed by atoms with Gasteiger partial charge in [-0.25, -0.2) is 5.43 Å². The van der Waals surface area contributed by atoms with Crippen LogP contribution in [0.3, 0.4) is 0 Å². The van der Waals surface area contributed by atoms with Crippen molar-refractivity contribution >= 4 is 12.1 Å². The van der Waals surface area contributed by atoms with Crippen molar-refractivity contribution in [3.63, 3.8) is 0 Å². The van der Waals surface area contributed by atoms with E-state index >= 15 is 0 Å². The predicted molar refractivity (Wildman–Crippen MR) is 101 cm³/mol. The number of unbranched alkanes of at least 4 members (excludes halogenated alkanes) is 1. The standard InChI is InChI=1S/C20H24N2O4/c1-3-5-12-26-17-9-7-16(8-10-17)20(24)22-21-14-15-6-11-18(23)19(13-15)25-4-2/h6-11,13-14,23H,3-5,12H2,1-2H3,(H,22,24). The number of amides is 1. The number of phenolic OH excluding ortho intramolecular Hbond substituents is 1. The molecular formula is C20H24N2O4. The molecule has 0 spiro atoms. The normalized spacial score (nSPS) is 10.7. The molecule has 6 nitrogen and oxygen atoms in total. The van der Waals surface area contributed by atoms with E-state index in [1.807, 2.05) is 6.92 Å². The largest absolute Gasteiger partial charge is 0.504 e. The fourth-order valence-corrected chi connectivity index (χ4v) is 2.15. The molecular weight excluding hydrogens is 332 g/mol. The van der Waals surface area contributed by atoms with Crippen LogP contribution in [-0.2, 0) is 0 Å². The zero-order valence-electron chi connectivity index (χ0n) is 15.1. The van der Waals surface area contributed by atoms with Gasteiger partial charge in [0, 0.05) is 5.56 Å². The minimum atomic E-state index is -0.315. The van der Waals surface area contributed by atoms with Crippen molar-refractivity contribution in [2.45, 2.75) is 26.7 Å². The number of hydrogen-bond donors (Lipinski definition) is 2. The van der Waals surface area contributed by atoms with Crippen molar-refractivity contribution in [2.75, 3.05) is 13.2 Å². The lowest BCUT2D eigenvalue weighted by Gasteiger charge is -2.06. The van der Waals surface area contributed by atoms with E-state index in [0.717, 1.165) is 18.6 Å². The second-order valence-corrected chi connectivity index (χ2v) is 5.59. The lowest BCUT2D eigenvalue weighted by Crippen LogP contribution is -2.17. The molecule has 0 saturated heterocycles. The number of nitrogens with one attached hydrogen (secondary N) is 1. The molecule has 0 aliphatic heterocycles. The van der Waals surface area contributed by atoms with Gasteiger partial charge in [0.1, 0.15) is 5.75 Å². The molecule has 26 heavy (non-hydrogen) atoms. The first-order valence-electron chi connectivity index (χ1n) is 8.66. The molecule has 2 aromatic carbocycles. The summed E-state index contributed by atoms with van der Waals surface area (Å²) in [5.41, 5.74) is 3.66. The SMILES string of the molecule is CCCCOc1ccc(C(=O)NN=Cc2ccc(O)c(OCC)c2)cc1. The third-order valence-corrected chi connectivity index (χ3v) is 3.55. The van der Waals surface area contributed by atoms with Crippen molar-refractivity contribution in [1.82, 2.24) is 5.43 Å². The molecule has 0 fully saturated rings. The van der Waals surface area contributed by atoms with Crippen molar-refractivity contribution in [1.29, 1.82) is 0 Å². The van der Waals surface area contributed by atoms with Crippen molar-refractivity contribution in [3.8, 4) is 17.2 Å². The molecule has 1 amide bonds. The number of carbonyl (C=O) groups excluding carboxylic acids is 1. The molecule has 0 unspecified atom stereocenters. The topological polar surface area (TPSA) is 80.2 Å². The van der Waals surface area contributed by atoms with E-state index in [2.05, 4.69) is 17.5 Å². The van der Waals surface area contributed by atoms with Crippen molar-refractivity contribution in [3.05, 3.63) is 53.6 Å². The number of phenols is 1. The zero-order valence-corrected chi connectivity index (χ0v) is 15.1. The first-order chi connectivity index (χ1) is 12.6. The van der Waals surface area contributed by atoms with Crippen LogP contribution in [0.15, 0.2) is 47.6 Å². The fourth-order valence-electron chi connectivity index (χ4n) is 2.15.